The minimum atomic E-state index is -0.569. The normalized spacial score (nSPS) is 15.3. The average Bonchev–Trinajstić information content (AvgIpc) is 2.70. The first kappa shape index (κ1) is 11.8. The maximum absolute atomic E-state index is 11.4. The molecular weight excluding hydrogens is 220 g/mol. The van der Waals surface area contributed by atoms with Crippen molar-refractivity contribution in [2.75, 3.05) is 6.61 Å². The van der Waals surface area contributed by atoms with Crippen LogP contribution in [0.15, 0.2) is 12.1 Å². The van der Waals surface area contributed by atoms with Crippen LogP contribution in [-0.2, 0) is 20.9 Å². The van der Waals surface area contributed by atoms with Crippen molar-refractivity contribution in [3.05, 3.63) is 34.4 Å². The molecule has 17 heavy (non-hydrogen) atoms. The molecule has 1 atom stereocenters. The fourth-order valence-electron chi connectivity index (χ4n) is 2.06. The summed E-state index contributed by atoms with van der Waals surface area (Å²) in [6.07, 6.45) is 0.205. The van der Waals surface area contributed by atoms with Crippen LogP contribution in [0.5, 0.6) is 0 Å². The lowest BCUT2D eigenvalue weighted by Crippen LogP contribution is -2.09. The first-order valence-electron chi connectivity index (χ1n) is 5.55. The maximum Gasteiger partial charge on any atom is 0.338 e. The Morgan fingerprint density at radius 1 is 1.53 bits per heavy atom. The molecule has 0 N–H and O–H groups in total. The van der Waals surface area contributed by atoms with Gasteiger partial charge in [0.25, 0.3) is 0 Å². The van der Waals surface area contributed by atoms with Crippen molar-refractivity contribution in [2.24, 2.45) is 0 Å². The van der Waals surface area contributed by atoms with Crippen molar-refractivity contribution in [1.29, 1.82) is 0 Å². The van der Waals surface area contributed by atoms with Gasteiger partial charge in [-0.1, -0.05) is 6.07 Å². The second-order valence-corrected chi connectivity index (χ2v) is 3.89. The summed E-state index contributed by atoms with van der Waals surface area (Å²) in [6, 6.07) is 3.46. The predicted molar refractivity (Wildman–Crippen MR) is 60.7 cm³/mol. The Hall–Kier alpha value is -1.68. The molecule has 0 saturated carbocycles. The number of fused-ring (bicyclic) bond motifs is 1. The van der Waals surface area contributed by atoms with Crippen molar-refractivity contribution < 1.29 is 19.1 Å². The second-order valence-electron chi connectivity index (χ2n) is 3.89. The van der Waals surface area contributed by atoms with Gasteiger partial charge in [0.2, 0.25) is 0 Å². The lowest BCUT2D eigenvalue weighted by molar-refractivity contribution is -0.118. The monoisotopic (exact) mass is 234 g/mol. The quantitative estimate of drug-likeness (QED) is 0.590. The van der Waals surface area contributed by atoms with Gasteiger partial charge in [0.05, 0.1) is 5.56 Å². The lowest BCUT2D eigenvalue weighted by atomic mass is 9.96. The Morgan fingerprint density at radius 3 is 2.94 bits per heavy atom. The van der Waals surface area contributed by atoms with E-state index in [9.17, 15) is 9.59 Å². The summed E-state index contributed by atoms with van der Waals surface area (Å²) in [5, 5.41) is 0. The molecule has 1 aromatic rings. The van der Waals surface area contributed by atoms with E-state index in [0.29, 0.717) is 12.2 Å². The van der Waals surface area contributed by atoms with E-state index in [1.807, 2.05) is 13.8 Å². The Kier molecular flexibility index (Phi) is 3.24. The van der Waals surface area contributed by atoms with Gasteiger partial charge >= 0.3 is 5.97 Å². The van der Waals surface area contributed by atoms with Gasteiger partial charge in [0.15, 0.2) is 6.29 Å². The highest BCUT2D eigenvalue weighted by molar-refractivity contribution is 5.94. The highest BCUT2D eigenvalue weighted by Gasteiger charge is 2.26. The molecule has 0 bridgehead atoms. The largest absolute Gasteiger partial charge is 0.457 e. The van der Waals surface area contributed by atoms with Crippen LogP contribution in [0, 0.1) is 6.92 Å². The Labute approximate surface area is 99.5 Å². The molecule has 1 heterocycles. The standard InChI is InChI=1S/C13H14O4/c1-3-16-12(6-14)9-4-5-10-11(8(9)2)7-17-13(10)15/h4-6,12H,3,7H2,1-2H3. The highest BCUT2D eigenvalue weighted by atomic mass is 16.5. The molecule has 0 amide bonds. The fraction of sp³-hybridized carbons (Fsp3) is 0.385. The molecule has 1 aliphatic rings. The Balaban J connectivity index is 2.44. The molecule has 0 aliphatic carbocycles. The van der Waals surface area contributed by atoms with E-state index in [1.165, 1.54) is 0 Å². The van der Waals surface area contributed by atoms with E-state index in [2.05, 4.69) is 0 Å². The van der Waals surface area contributed by atoms with E-state index in [4.69, 9.17) is 9.47 Å². The summed E-state index contributed by atoms with van der Waals surface area (Å²) in [6.45, 7) is 4.47. The van der Waals surface area contributed by atoms with Gasteiger partial charge in [0, 0.05) is 12.2 Å². The van der Waals surface area contributed by atoms with Gasteiger partial charge < -0.3 is 14.3 Å². The number of benzene rings is 1. The van der Waals surface area contributed by atoms with E-state index in [1.54, 1.807) is 12.1 Å². The van der Waals surface area contributed by atoms with Crippen molar-refractivity contribution in [3.63, 3.8) is 0 Å². The zero-order valence-corrected chi connectivity index (χ0v) is 9.86. The Morgan fingerprint density at radius 2 is 2.29 bits per heavy atom. The van der Waals surface area contributed by atoms with Crippen LogP contribution >= 0.6 is 0 Å². The summed E-state index contributed by atoms with van der Waals surface area (Å²) >= 11 is 0. The third-order valence-electron chi connectivity index (χ3n) is 2.98. The topological polar surface area (TPSA) is 52.6 Å². The van der Waals surface area contributed by atoms with Crippen LogP contribution in [0.3, 0.4) is 0 Å². The van der Waals surface area contributed by atoms with Crippen molar-refractivity contribution in [3.8, 4) is 0 Å². The molecule has 4 nitrogen and oxygen atoms in total. The zero-order valence-electron chi connectivity index (χ0n) is 9.86. The van der Waals surface area contributed by atoms with Crippen LogP contribution in [0.25, 0.3) is 0 Å². The number of cyclic esters (lactones) is 1. The molecular formula is C13H14O4. The lowest BCUT2D eigenvalue weighted by Gasteiger charge is -2.15. The molecule has 1 aliphatic heterocycles. The molecule has 0 saturated heterocycles. The first-order valence-corrected chi connectivity index (χ1v) is 5.55. The van der Waals surface area contributed by atoms with Gasteiger partial charge in [0.1, 0.15) is 12.7 Å². The highest BCUT2D eigenvalue weighted by Crippen LogP contribution is 2.29. The third-order valence-corrected chi connectivity index (χ3v) is 2.98. The number of esters is 1. The number of carbonyl (C=O) groups excluding carboxylic acids is 2. The van der Waals surface area contributed by atoms with Gasteiger partial charge in [-0.2, -0.15) is 0 Å². The molecule has 1 unspecified atom stereocenters. The molecule has 2 rings (SSSR count). The summed E-state index contributed by atoms with van der Waals surface area (Å²) < 4.78 is 10.3. The summed E-state index contributed by atoms with van der Waals surface area (Å²) in [5.74, 6) is -0.297. The van der Waals surface area contributed by atoms with E-state index in [0.717, 1.165) is 23.0 Å². The second kappa shape index (κ2) is 4.67. The van der Waals surface area contributed by atoms with Gasteiger partial charge in [-0.05, 0) is 31.0 Å². The summed E-state index contributed by atoms with van der Waals surface area (Å²) in [4.78, 5) is 22.4. The number of hydrogen-bond acceptors (Lipinski definition) is 4. The number of hydrogen-bond donors (Lipinski definition) is 0. The minimum absolute atomic E-state index is 0.283. The van der Waals surface area contributed by atoms with Crippen LogP contribution in [0.2, 0.25) is 0 Å². The zero-order chi connectivity index (χ0) is 12.4. The summed E-state index contributed by atoms with van der Waals surface area (Å²) in [7, 11) is 0. The number of ether oxygens (including phenoxy) is 2. The molecule has 0 spiro atoms. The number of carbonyl (C=O) groups is 2. The smallest absolute Gasteiger partial charge is 0.338 e. The van der Waals surface area contributed by atoms with Crippen LogP contribution < -0.4 is 0 Å². The maximum atomic E-state index is 11.4. The average molecular weight is 234 g/mol. The van der Waals surface area contributed by atoms with E-state index < -0.39 is 6.10 Å². The minimum Gasteiger partial charge on any atom is -0.457 e. The van der Waals surface area contributed by atoms with Crippen molar-refractivity contribution in [2.45, 2.75) is 26.6 Å². The number of rotatable bonds is 4. The van der Waals surface area contributed by atoms with Crippen LogP contribution in [-0.4, -0.2) is 18.9 Å². The van der Waals surface area contributed by atoms with Crippen LogP contribution in [0.1, 0.15) is 40.1 Å². The molecule has 0 radical (unpaired) electrons. The van der Waals surface area contributed by atoms with Gasteiger partial charge in [-0.15, -0.1) is 0 Å². The Bertz CT molecular complexity index is 465. The molecule has 1 aromatic carbocycles. The molecule has 0 fully saturated rings. The van der Waals surface area contributed by atoms with E-state index >= 15 is 0 Å². The first-order chi connectivity index (χ1) is 8.19. The summed E-state index contributed by atoms with van der Waals surface area (Å²) in [5.41, 5.74) is 3.16. The van der Waals surface area contributed by atoms with Crippen LogP contribution in [0.4, 0.5) is 0 Å². The van der Waals surface area contributed by atoms with Gasteiger partial charge in [-0.3, -0.25) is 0 Å². The predicted octanol–water partition coefficient (Wildman–Crippen LogP) is 1.94. The fourth-order valence-corrected chi connectivity index (χ4v) is 2.06. The molecule has 90 valence electrons. The molecule has 0 aromatic heterocycles. The van der Waals surface area contributed by atoms with Crippen molar-refractivity contribution in [1.82, 2.24) is 0 Å². The van der Waals surface area contributed by atoms with Crippen molar-refractivity contribution >= 4 is 12.3 Å². The van der Waals surface area contributed by atoms with Gasteiger partial charge in [-0.25, -0.2) is 4.79 Å². The van der Waals surface area contributed by atoms with E-state index in [-0.39, 0.29) is 12.6 Å². The number of aldehydes is 1. The molecule has 4 heteroatoms. The third kappa shape index (κ3) is 1.96. The SMILES string of the molecule is CCOC(C=O)c1ccc2c(c1C)COC2=O.